The summed E-state index contributed by atoms with van der Waals surface area (Å²) in [4.78, 5) is 39.4. The van der Waals surface area contributed by atoms with Gasteiger partial charge in [0.05, 0.1) is 16.8 Å². The normalized spacial score (nSPS) is 19.7. The summed E-state index contributed by atoms with van der Waals surface area (Å²) < 4.78 is 30.2. The largest absolute Gasteiger partial charge is 0.390 e. The van der Waals surface area contributed by atoms with Crippen molar-refractivity contribution in [1.82, 2.24) is 14.8 Å². The first-order chi connectivity index (χ1) is 18.2. The topological polar surface area (TPSA) is 130 Å². The molecule has 1 aromatic heterocycles. The number of rotatable bonds is 12. The lowest BCUT2D eigenvalue weighted by molar-refractivity contribution is -0.122. The monoisotopic (exact) mass is 563 g/mol. The van der Waals surface area contributed by atoms with Crippen molar-refractivity contribution in [3.63, 3.8) is 0 Å². The molecule has 2 amide bonds. The highest BCUT2D eigenvalue weighted by atomic mass is 32.2. The highest BCUT2D eigenvalue weighted by Crippen LogP contribution is 2.33. The van der Waals surface area contributed by atoms with E-state index in [1.807, 2.05) is 6.92 Å². The summed E-state index contributed by atoms with van der Waals surface area (Å²) in [5.74, 6) is -0.526. The number of hydrogen-bond donors (Lipinski definition) is 1. The lowest BCUT2D eigenvalue weighted by Crippen LogP contribution is -2.50. The van der Waals surface area contributed by atoms with E-state index in [0.717, 1.165) is 24.4 Å². The Kier molecular flexibility index (Phi) is 9.13. The molecule has 13 heteroatoms. The van der Waals surface area contributed by atoms with Crippen LogP contribution in [0.25, 0.3) is 0 Å². The predicted octanol–water partition coefficient (Wildman–Crippen LogP) is 2.14. The number of piperazine rings is 1. The van der Waals surface area contributed by atoms with Crippen LogP contribution in [-0.2, 0) is 35.5 Å². The van der Waals surface area contributed by atoms with Crippen molar-refractivity contribution < 1.29 is 27.6 Å². The third-order valence-corrected chi connectivity index (χ3v) is 9.59. The minimum absolute atomic E-state index is 0.00103. The van der Waals surface area contributed by atoms with E-state index < -0.39 is 21.8 Å². The quantitative estimate of drug-likeness (QED) is 0.236. The second-order valence-corrected chi connectivity index (χ2v) is 12.9. The number of oxime groups is 1. The maximum Gasteiger partial charge on any atom is 0.280 e. The minimum atomic E-state index is -3.35. The number of methoxy groups -OCH3 is 1. The summed E-state index contributed by atoms with van der Waals surface area (Å²) in [5.41, 5.74) is 0.416. The number of ether oxygens (including phenoxy) is 1. The van der Waals surface area contributed by atoms with Gasteiger partial charge in [-0.25, -0.2) is 13.4 Å². The van der Waals surface area contributed by atoms with Crippen LogP contribution in [0.4, 0.5) is 5.13 Å². The Bertz CT molecular complexity index is 1260. The summed E-state index contributed by atoms with van der Waals surface area (Å²) in [6.45, 7) is 6.93. The lowest BCUT2D eigenvalue weighted by Gasteiger charge is -2.37. The molecule has 2 heterocycles. The van der Waals surface area contributed by atoms with Crippen molar-refractivity contribution in [2.45, 2.75) is 55.5 Å². The molecule has 11 nitrogen and oxygen atoms in total. The van der Waals surface area contributed by atoms with Crippen LogP contribution >= 0.6 is 11.3 Å². The Labute approximate surface area is 226 Å². The van der Waals surface area contributed by atoms with Gasteiger partial charge in [-0.15, -0.1) is 11.3 Å². The van der Waals surface area contributed by atoms with E-state index in [1.165, 1.54) is 23.5 Å². The third kappa shape index (κ3) is 6.95. The Balaban J connectivity index is 1.46. The fraction of sp³-hybridized carbons (Fsp3) is 0.520. The third-order valence-electron chi connectivity index (χ3n) is 6.41. The summed E-state index contributed by atoms with van der Waals surface area (Å²) in [6.07, 6.45) is 3.57. The summed E-state index contributed by atoms with van der Waals surface area (Å²) >= 11 is 1.36. The van der Waals surface area contributed by atoms with Gasteiger partial charge in [0.15, 0.2) is 20.7 Å². The van der Waals surface area contributed by atoms with Crippen molar-refractivity contribution in [3.05, 3.63) is 40.9 Å². The number of hydrogen-bond acceptors (Lipinski definition) is 10. The molecule has 2 atom stereocenters. The van der Waals surface area contributed by atoms with Gasteiger partial charge >= 0.3 is 0 Å². The van der Waals surface area contributed by atoms with Gasteiger partial charge in [0.25, 0.3) is 5.91 Å². The molecule has 0 radical (unpaired) electrons. The van der Waals surface area contributed by atoms with Crippen LogP contribution in [-0.4, -0.2) is 92.0 Å². The molecule has 0 bridgehead atoms. The molecule has 206 valence electrons. The average Bonchev–Trinajstić information content (AvgIpc) is 3.67. The van der Waals surface area contributed by atoms with Gasteiger partial charge in [-0.1, -0.05) is 17.3 Å². The molecule has 1 saturated heterocycles. The number of nitrogens with zero attached hydrogens (tertiary/aromatic N) is 4. The molecule has 1 aliphatic heterocycles. The zero-order valence-corrected chi connectivity index (χ0v) is 23.3. The smallest absolute Gasteiger partial charge is 0.280 e. The number of anilines is 1. The molecule has 2 aliphatic rings. The maximum absolute atomic E-state index is 13.2. The molecule has 4 rings (SSSR count). The second kappa shape index (κ2) is 12.3. The van der Waals surface area contributed by atoms with Crippen LogP contribution in [0.15, 0.2) is 40.5 Å². The van der Waals surface area contributed by atoms with Gasteiger partial charge in [-0.2, -0.15) is 0 Å². The van der Waals surface area contributed by atoms with Crippen molar-refractivity contribution in [3.8, 4) is 0 Å². The standard InChI is InChI=1S/C25H33N5O6S2/c1-17-13-29(10-11-30(17)16-31)14-20-12-26-25(37-20)27-24(32)23(28-36-18(2)15-35-3)19-4-6-21(7-5-19)38(33,34)22-8-9-22/h4-7,12,16-18,22H,8-11,13-15H2,1-3H3,(H,26,27,32)/t17-,18+/m0/s1. The van der Waals surface area contributed by atoms with Crippen LogP contribution in [0, 0.1) is 0 Å². The number of thiazole rings is 1. The maximum atomic E-state index is 13.2. The summed E-state index contributed by atoms with van der Waals surface area (Å²) in [6, 6.07) is 6.25. The number of carbonyl (C=O) groups is 2. The molecular weight excluding hydrogens is 530 g/mol. The van der Waals surface area contributed by atoms with E-state index in [1.54, 1.807) is 37.3 Å². The predicted molar refractivity (Wildman–Crippen MR) is 144 cm³/mol. The molecular formula is C25H33N5O6S2. The molecule has 2 aromatic rings. The van der Waals surface area contributed by atoms with Gasteiger partial charge in [-0.05, 0) is 38.8 Å². The fourth-order valence-corrected chi connectivity index (χ4v) is 6.68. The van der Waals surface area contributed by atoms with Gasteiger partial charge in [0.1, 0.15) is 6.10 Å². The first-order valence-corrected chi connectivity index (χ1v) is 14.8. The molecule has 0 unspecified atom stereocenters. The van der Waals surface area contributed by atoms with E-state index in [0.29, 0.717) is 36.6 Å². The molecule has 1 N–H and O–H groups in total. The fourth-order valence-electron chi connectivity index (χ4n) is 4.17. The number of nitrogens with one attached hydrogen (secondary N) is 1. The molecule has 1 aliphatic carbocycles. The SMILES string of the molecule is COC[C@@H](C)ON=C(C(=O)Nc1ncc(CN2CCN(C=O)[C@@H](C)C2)s1)c1ccc(S(=O)(=O)C2CC2)cc1. The van der Waals surface area contributed by atoms with Gasteiger partial charge in [-0.3, -0.25) is 19.8 Å². The summed E-state index contributed by atoms with van der Waals surface area (Å²) in [7, 11) is -1.81. The van der Waals surface area contributed by atoms with Crippen molar-refractivity contribution >= 4 is 44.3 Å². The van der Waals surface area contributed by atoms with Crippen LogP contribution in [0.3, 0.4) is 0 Å². The number of benzene rings is 1. The Hall–Kier alpha value is -2.87. The first-order valence-electron chi connectivity index (χ1n) is 12.5. The number of aromatic nitrogens is 1. The first kappa shape index (κ1) is 28.1. The minimum Gasteiger partial charge on any atom is -0.390 e. The van der Waals surface area contributed by atoms with Crippen molar-refractivity contribution in [2.75, 3.05) is 38.7 Å². The van der Waals surface area contributed by atoms with Crippen molar-refractivity contribution in [1.29, 1.82) is 0 Å². The van der Waals surface area contributed by atoms with Crippen LogP contribution in [0.5, 0.6) is 0 Å². The van der Waals surface area contributed by atoms with Gasteiger partial charge in [0, 0.05) is 56.0 Å². The zero-order chi connectivity index (χ0) is 27.3. The Morgan fingerprint density at radius 3 is 2.66 bits per heavy atom. The Morgan fingerprint density at radius 1 is 1.29 bits per heavy atom. The number of sulfone groups is 1. The molecule has 1 saturated carbocycles. The van der Waals surface area contributed by atoms with E-state index in [9.17, 15) is 18.0 Å². The van der Waals surface area contributed by atoms with Crippen LogP contribution in [0.2, 0.25) is 0 Å². The van der Waals surface area contributed by atoms with E-state index in [2.05, 4.69) is 20.4 Å². The molecule has 1 aromatic carbocycles. The second-order valence-electron chi connectivity index (χ2n) is 9.59. The average molecular weight is 564 g/mol. The Morgan fingerprint density at radius 2 is 2.03 bits per heavy atom. The molecule has 38 heavy (non-hydrogen) atoms. The van der Waals surface area contributed by atoms with Crippen molar-refractivity contribution in [2.24, 2.45) is 5.16 Å². The van der Waals surface area contributed by atoms with E-state index in [-0.39, 0.29) is 28.5 Å². The van der Waals surface area contributed by atoms with Gasteiger partial charge in [0.2, 0.25) is 6.41 Å². The van der Waals surface area contributed by atoms with Crippen LogP contribution in [0.1, 0.15) is 37.1 Å². The van der Waals surface area contributed by atoms with E-state index >= 15 is 0 Å². The molecule has 0 spiro atoms. The number of amides is 2. The van der Waals surface area contributed by atoms with E-state index in [4.69, 9.17) is 9.57 Å². The highest BCUT2D eigenvalue weighted by Gasteiger charge is 2.36. The lowest BCUT2D eigenvalue weighted by atomic mass is 10.1. The summed E-state index contributed by atoms with van der Waals surface area (Å²) in [5, 5.41) is 6.96. The molecule has 2 fully saturated rings. The number of carbonyl (C=O) groups excluding carboxylic acids is 2. The highest BCUT2D eigenvalue weighted by molar-refractivity contribution is 7.92. The van der Waals surface area contributed by atoms with Crippen LogP contribution < -0.4 is 5.32 Å². The van der Waals surface area contributed by atoms with Gasteiger partial charge < -0.3 is 14.5 Å². The zero-order valence-electron chi connectivity index (χ0n) is 21.7.